The maximum Gasteiger partial charge on any atom is 0.226 e. The number of carbonyl (C=O) groups excluding carboxylic acids is 1. The number of aromatic hydroxyl groups is 1. The molecular weight excluding hydrogens is 432 g/mol. The van der Waals surface area contributed by atoms with E-state index in [4.69, 9.17) is 17.0 Å². The quantitative estimate of drug-likeness (QED) is 0.389. The Bertz CT molecular complexity index is 1010. The summed E-state index contributed by atoms with van der Waals surface area (Å²) >= 11 is 8.54. The van der Waals surface area contributed by atoms with Crippen molar-refractivity contribution in [2.75, 3.05) is 12.4 Å². The van der Waals surface area contributed by atoms with Crippen LogP contribution in [0.1, 0.15) is 6.42 Å². The Labute approximate surface area is 169 Å². The van der Waals surface area contributed by atoms with Crippen LogP contribution in [0.5, 0.6) is 11.5 Å². The Morgan fingerprint density at radius 2 is 2.07 bits per heavy atom. The van der Waals surface area contributed by atoms with Crippen LogP contribution in [0.2, 0.25) is 0 Å². The lowest BCUT2D eigenvalue weighted by molar-refractivity contribution is -0.116. The number of phenols is 1. The highest BCUT2D eigenvalue weighted by Gasteiger charge is 2.12. The van der Waals surface area contributed by atoms with Crippen molar-refractivity contribution in [3.8, 4) is 22.9 Å². The van der Waals surface area contributed by atoms with E-state index in [1.54, 1.807) is 23.8 Å². The highest BCUT2D eigenvalue weighted by atomic mass is 79.9. The van der Waals surface area contributed by atoms with Gasteiger partial charge in [0.1, 0.15) is 11.5 Å². The number of H-pyrrole nitrogens is 1. The van der Waals surface area contributed by atoms with E-state index in [0.717, 1.165) is 15.8 Å². The van der Waals surface area contributed by atoms with Crippen molar-refractivity contribution in [3.05, 3.63) is 51.7 Å². The lowest BCUT2D eigenvalue weighted by atomic mass is 10.2. The van der Waals surface area contributed by atoms with Crippen LogP contribution in [0.3, 0.4) is 0 Å². The Hall–Kier alpha value is -2.65. The molecule has 0 bridgehead atoms. The normalized spacial score (nSPS) is 10.6. The molecule has 3 aromatic rings. The third-order valence-electron chi connectivity index (χ3n) is 3.90. The summed E-state index contributed by atoms with van der Waals surface area (Å²) in [4.78, 5) is 12.3. The van der Waals surface area contributed by atoms with E-state index in [1.165, 1.54) is 6.07 Å². The third kappa shape index (κ3) is 4.55. The Balaban J connectivity index is 1.71. The second-order valence-electron chi connectivity index (χ2n) is 5.69. The Kier molecular flexibility index (Phi) is 5.92. The summed E-state index contributed by atoms with van der Waals surface area (Å²) in [5.41, 5.74) is 1.21. The molecule has 0 fully saturated rings. The van der Waals surface area contributed by atoms with Gasteiger partial charge in [0.25, 0.3) is 0 Å². The highest BCUT2D eigenvalue weighted by Crippen LogP contribution is 2.27. The van der Waals surface area contributed by atoms with Gasteiger partial charge < -0.3 is 15.2 Å². The van der Waals surface area contributed by atoms with Gasteiger partial charge in [-0.05, 0) is 54.7 Å². The molecule has 0 saturated carbocycles. The first-order valence-electron chi connectivity index (χ1n) is 8.06. The summed E-state index contributed by atoms with van der Waals surface area (Å²) in [6.45, 7) is 0.347. The average molecular weight is 449 g/mol. The maximum absolute atomic E-state index is 12.3. The number of methoxy groups -OCH3 is 1. The third-order valence-corrected chi connectivity index (χ3v) is 4.71. The topological polar surface area (TPSA) is 92.2 Å². The van der Waals surface area contributed by atoms with Crippen LogP contribution in [0.25, 0.3) is 11.4 Å². The van der Waals surface area contributed by atoms with E-state index < -0.39 is 0 Å². The number of ether oxygens (including phenoxy) is 1. The second-order valence-corrected chi connectivity index (χ2v) is 6.99. The predicted octanol–water partition coefficient (Wildman–Crippen LogP) is 4.11. The van der Waals surface area contributed by atoms with E-state index in [2.05, 4.69) is 31.4 Å². The SMILES string of the molecule is COc1ccc(-c2n[nH]c(=S)n2CCC(=O)Nc2ccc(Br)cc2O)cc1. The van der Waals surface area contributed by atoms with Crippen LogP contribution in [0, 0.1) is 4.77 Å². The van der Waals surface area contributed by atoms with Crippen LogP contribution < -0.4 is 10.1 Å². The summed E-state index contributed by atoms with van der Waals surface area (Å²) in [6, 6.07) is 12.3. The molecule has 0 radical (unpaired) electrons. The standard InChI is InChI=1S/C18H17BrN4O3S/c1-26-13-5-2-11(3-6-13)17-21-22-18(27)23(17)9-8-16(25)20-14-7-4-12(19)10-15(14)24/h2-7,10,24H,8-9H2,1H3,(H,20,25)(H,22,27). The van der Waals surface area contributed by atoms with Crippen molar-refractivity contribution >= 4 is 39.7 Å². The number of aromatic amines is 1. The molecule has 0 spiro atoms. The average Bonchev–Trinajstić information content (AvgIpc) is 3.03. The number of anilines is 1. The number of aromatic nitrogens is 3. The molecule has 0 unspecified atom stereocenters. The summed E-state index contributed by atoms with van der Waals surface area (Å²) < 4.78 is 8.08. The number of nitrogens with zero attached hydrogens (tertiary/aromatic N) is 2. The van der Waals surface area contributed by atoms with Gasteiger partial charge in [-0.15, -0.1) is 0 Å². The molecule has 27 heavy (non-hydrogen) atoms. The molecule has 1 amide bonds. The van der Waals surface area contributed by atoms with Gasteiger partial charge in [0, 0.05) is 23.0 Å². The predicted molar refractivity (Wildman–Crippen MR) is 108 cm³/mol. The molecule has 0 aliphatic heterocycles. The summed E-state index contributed by atoms with van der Waals surface area (Å²) in [5.74, 6) is 1.14. The molecule has 2 aromatic carbocycles. The number of carbonyl (C=O) groups is 1. The molecule has 1 aromatic heterocycles. The molecule has 1 heterocycles. The van der Waals surface area contributed by atoms with Crippen molar-refractivity contribution < 1.29 is 14.6 Å². The van der Waals surface area contributed by atoms with Crippen molar-refractivity contribution in [2.45, 2.75) is 13.0 Å². The molecule has 3 rings (SSSR count). The van der Waals surface area contributed by atoms with Crippen LogP contribution in [-0.4, -0.2) is 32.9 Å². The molecule has 0 saturated heterocycles. The van der Waals surface area contributed by atoms with Crippen molar-refractivity contribution in [1.82, 2.24) is 14.8 Å². The molecule has 3 N–H and O–H groups in total. The molecule has 0 aliphatic rings. The minimum absolute atomic E-state index is 0.00318. The highest BCUT2D eigenvalue weighted by molar-refractivity contribution is 9.10. The summed E-state index contributed by atoms with van der Waals surface area (Å²) in [7, 11) is 1.60. The van der Waals surface area contributed by atoms with Gasteiger partial charge in [0.15, 0.2) is 10.6 Å². The van der Waals surface area contributed by atoms with Gasteiger partial charge in [-0.25, -0.2) is 0 Å². The first kappa shape index (κ1) is 19.1. The Morgan fingerprint density at radius 1 is 1.33 bits per heavy atom. The molecule has 0 aliphatic carbocycles. The monoisotopic (exact) mass is 448 g/mol. The van der Waals surface area contributed by atoms with Crippen molar-refractivity contribution in [2.24, 2.45) is 0 Å². The van der Waals surface area contributed by atoms with Gasteiger partial charge in [-0.3, -0.25) is 14.5 Å². The molecule has 7 nitrogen and oxygen atoms in total. The number of hydrogen-bond acceptors (Lipinski definition) is 5. The fraction of sp³-hybridized carbons (Fsp3) is 0.167. The zero-order valence-electron chi connectivity index (χ0n) is 14.4. The molecule has 140 valence electrons. The summed E-state index contributed by atoms with van der Waals surface area (Å²) in [5, 5.41) is 19.6. The fourth-order valence-corrected chi connectivity index (χ4v) is 3.09. The number of benzene rings is 2. The minimum atomic E-state index is -0.239. The number of hydrogen-bond donors (Lipinski definition) is 3. The van der Waals surface area contributed by atoms with Gasteiger partial charge in [0.2, 0.25) is 5.91 Å². The minimum Gasteiger partial charge on any atom is -0.506 e. The van der Waals surface area contributed by atoms with Gasteiger partial charge >= 0.3 is 0 Å². The van der Waals surface area contributed by atoms with Crippen LogP contribution in [0.15, 0.2) is 46.9 Å². The smallest absolute Gasteiger partial charge is 0.226 e. The van der Waals surface area contributed by atoms with Crippen molar-refractivity contribution in [3.63, 3.8) is 0 Å². The molecule has 9 heteroatoms. The molecule has 0 atom stereocenters. The van der Waals surface area contributed by atoms with Crippen LogP contribution in [-0.2, 0) is 11.3 Å². The fourth-order valence-electron chi connectivity index (χ4n) is 2.52. The van der Waals surface area contributed by atoms with E-state index in [9.17, 15) is 9.90 Å². The number of amides is 1. The zero-order chi connectivity index (χ0) is 19.4. The lowest BCUT2D eigenvalue weighted by Crippen LogP contribution is -2.15. The number of phenolic OH excluding ortho intramolecular Hbond substituents is 1. The van der Waals surface area contributed by atoms with E-state index in [0.29, 0.717) is 22.8 Å². The first-order valence-corrected chi connectivity index (χ1v) is 9.26. The van der Waals surface area contributed by atoms with E-state index in [1.807, 2.05) is 24.3 Å². The summed E-state index contributed by atoms with van der Waals surface area (Å²) in [6.07, 6.45) is 0.173. The second kappa shape index (κ2) is 8.36. The van der Waals surface area contributed by atoms with Crippen LogP contribution in [0.4, 0.5) is 5.69 Å². The lowest BCUT2D eigenvalue weighted by Gasteiger charge is -2.09. The van der Waals surface area contributed by atoms with Crippen molar-refractivity contribution in [1.29, 1.82) is 0 Å². The molecular formula is C18H17BrN4O3S. The first-order chi connectivity index (χ1) is 13.0. The van der Waals surface area contributed by atoms with E-state index in [-0.39, 0.29) is 18.1 Å². The van der Waals surface area contributed by atoms with Gasteiger partial charge in [0.05, 0.1) is 12.8 Å². The van der Waals surface area contributed by atoms with Crippen LogP contribution >= 0.6 is 28.1 Å². The number of nitrogens with one attached hydrogen (secondary N) is 2. The maximum atomic E-state index is 12.3. The Morgan fingerprint density at radius 3 is 2.74 bits per heavy atom. The number of halogens is 1. The number of rotatable bonds is 6. The van der Waals surface area contributed by atoms with Gasteiger partial charge in [-0.1, -0.05) is 15.9 Å². The largest absolute Gasteiger partial charge is 0.506 e. The van der Waals surface area contributed by atoms with Gasteiger partial charge in [-0.2, -0.15) is 5.10 Å². The van der Waals surface area contributed by atoms with E-state index >= 15 is 0 Å². The zero-order valence-corrected chi connectivity index (χ0v) is 16.8.